The van der Waals surface area contributed by atoms with E-state index in [1.807, 2.05) is 11.5 Å². The van der Waals surface area contributed by atoms with Gasteiger partial charge in [-0.25, -0.2) is 59.8 Å². The molecule has 15 N–H and O–H groups in total. The Morgan fingerprint density at radius 3 is 1.13 bits per heavy atom. The Morgan fingerprint density at radius 2 is 0.774 bits per heavy atom. The zero-order valence-electron chi connectivity index (χ0n) is 69.2. The van der Waals surface area contributed by atoms with Gasteiger partial charge in [0.1, 0.15) is 109 Å². The molecule has 0 amide bonds. The van der Waals surface area contributed by atoms with Crippen LogP contribution >= 0.6 is 0 Å². The van der Waals surface area contributed by atoms with E-state index in [0.717, 1.165) is 6.42 Å². The zero-order valence-corrected chi connectivity index (χ0v) is 78.0. The molecule has 15 rings (SSSR count). The van der Waals surface area contributed by atoms with E-state index in [9.17, 15) is 25.5 Å². The third kappa shape index (κ3) is 18.0. The number of nitrogens with zero attached hydrogens (tertiary/aromatic N) is 16. The first-order valence-electron chi connectivity index (χ1n) is 39.6. The van der Waals surface area contributed by atoms with E-state index in [4.69, 9.17) is 82.8 Å². The SMILES string of the molecule is CC(C)[Si]1(C(C)C)OC[C@@H]2O[C@H](n3cnc4c(N)ncnc43)CC2O[Si](C(C)C)(C(C)C)O1.CC(C)[Si]1(C(C)C)OC[C@@H]2O[C@H](n3cnc4c(N)ncnc43)[C@H](O)C2O[Si](C(C)C)(C(C)C)O1.CC[C@@H]1O[C@H](O)[C@H](C)C1C.Nc1ncnc2c1ncn2[C@@H]1CC(O)[C@H](CO)O1.Nc1ncnc2c1ncn2[C@H]1O[C@@H](CO)C(O)[C@H]1O.[Ac]. The number of aliphatic hydroxyl groups is 7. The molecule has 7 saturated heterocycles. The van der Waals surface area contributed by atoms with Gasteiger partial charge < -0.3 is 108 Å². The molecular formula is C72H120AcN20O18Si4. The van der Waals surface area contributed by atoms with Crippen molar-refractivity contribution in [1.29, 1.82) is 0 Å². The summed E-state index contributed by atoms with van der Waals surface area (Å²) in [6.07, 6.45) is 4.45. The average molecular weight is 1890 g/mol. The summed E-state index contributed by atoms with van der Waals surface area (Å²) in [5.74, 6) is 1.97. The quantitative estimate of drug-likeness (QED) is 0.0474. The van der Waals surface area contributed by atoms with Crippen LogP contribution in [0.4, 0.5) is 23.3 Å². The van der Waals surface area contributed by atoms with Gasteiger partial charge >= 0.3 is 34.2 Å². The first-order chi connectivity index (χ1) is 54.0. The van der Waals surface area contributed by atoms with Gasteiger partial charge in [0, 0.05) is 62.8 Å². The van der Waals surface area contributed by atoms with Crippen molar-refractivity contribution < 1.29 is 129 Å². The minimum absolute atomic E-state index is 0. The Kier molecular flexibility index (Phi) is 30.5. The molecule has 1 radical (unpaired) electrons. The van der Waals surface area contributed by atoms with Gasteiger partial charge in [0.05, 0.1) is 70.0 Å². The molecule has 5 unspecified atom stereocenters. The molecule has 15 heterocycles. The van der Waals surface area contributed by atoms with Gasteiger partial charge in [-0.3, -0.25) is 18.3 Å². The Bertz CT molecular complexity index is 4460. The Labute approximate surface area is 709 Å². The minimum Gasteiger partial charge on any atom is -0.414 e. The molecule has 18 atom stereocenters. The second kappa shape index (κ2) is 38.0. The van der Waals surface area contributed by atoms with Gasteiger partial charge in [-0.05, 0) is 56.7 Å². The van der Waals surface area contributed by atoms with E-state index in [-0.39, 0.29) is 120 Å². The number of aliphatic hydroxyl groups excluding tert-OH is 7. The molecule has 0 saturated carbocycles. The Hall–Kier alpha value is -5.01. The summed E-state index contributed by atoms with van der Waals surface area (Å²) < 4.78 is 78.1. The predicted molar refractivity (Wildman–Crippen MR) is 429 cm³/mol. The van der Waals surface area contributed by atoms with E-state index in [2.05, 4.69) is 184 Å². The number of hydrogen-bond donors (Lipinski definition) is 11. The smallest absolute Gasteiger partial charge is 0.335 e. The average Bonchev–Trinajstić information content (AvgIpc) is 1.75. The second-order valence-electron chi connectivity index (χ2n) is 33.0. The van der Waals surface area contributed by atoms with Crippen LogP contribution < -0.4 is 22.9 Å². The number of ether oxygens (including phenoxy) is 5. The Balaban J connectivity index is 0.000000160. The standard InChI is InChI=1S/C22H39N5O5Si2.C22H39N5O4Si2.C10H13N5O4.C10H13N5O3.C8H16O2.Ac/c1-12(2)33(13(3)4)29-9-16-19(31-34(32-33,14(5)6)15(7)8)18(28)22(30-16)27-11-26-17-20(23)24-10-25-21(17)27;1-13(2)32(14(3)4)28-10-18-17(30-33(31-32,15(5)6)16(7)8)9-19(29-18)27-12-26-20-21(23)24-11-25-22(20)27;11-8-5-9(13-2-12-8)15(3-14-5)10-7(18)6(17)4(1-16)19-10;11-9-8-10(13-3-12-9)15(4-14-8)7-1-5(17)6(2-16)18-7;1-4-7-5(2)6(3)8(9)10-7;/h10-16,18-19,22,28H,9H2,1-8H3,(H2,23,24,25);11-19H,9-10H2,1-8H3,(H2,23,24,25);2-4,6-7,10,16-18H,1H2,(H2,11,12,13);3-7,16-17H,1-2H2,(H2,11,12,13);5-9H,4H2,1-3H3;/t16-,18+,19?,22-;17?,18-,19-;4-,6?,7+,10-;5?,6-,7-;5?,6-,7+,8+;/m00001./s1. The molecular weight excluding hydrogens is 1770 g/mol. The van der Waals surface area contributed by atoms with Crippen molar-refractivity contribution >= 4 is 102 Å². The fourth-order valence-electron chi connectivity index (χ4n) is 16.6. The van der Waals surface area contributed by atoms with Crippen LogP contribution in [0.25, 0.3) is 44.7 Å². The van der Waals surface area contributed by atoms with Crippen molar-refractivity contribution in [3.05, 3.63) is 50.6 Å². The topological polar surface area (TPSA) is 522 Å². The molecule has 43 heteroatoms. The number of rotatable bonds is 15. The van der Waals surface area contributed by atoms with Crippen molar-refractivity contribution in [1.82, 2.24) is 78.1 Å². The normalized spacial score (nSPS) is 30.2. The van der Waals surface area contributed by atoms with Crippen LogP contribution in [-0.2, 0) is 49.6 Å². The van der Waals surface area contributed by atoms with Crippen LogP contribution in [0.3, 0.4) is 0 Å². The van der Waals surface area contributed by atoms with Crippen LogP contribution in [0, 0.1) is 55.9 Å². The third-order valence-electron chi connectivity index (χ3n) is 23.4. The van der Waals surface area contributed by atoms with Crippen molar-refractivity contribution in [2.45, 2.75) is 293 Å². The maximum absolute atomic E-state index is 11.5. The molecule has 0 aromatic carbocycles. The summed E-state index contributed by atoms with van der Waals surface area (Å²) in [5, 5.41) is 68.2. The van der Waals surface area contributed by atoms with E-state index in [1.54, 1.807) is 28.1 Å². The number of anilines is 4. The molecule has 0 bridgehead atoms. The van der Waals surface area contributed by atoms with E-state index in [0.29, 0.717) is 105 Å². The first kappa shape index (κ1) is 92.3. The van der Waals surface area contributed by atoms with Crippen molar-refractivity contribution in [2.24, 2.45) is 11.8 Å². The van der Waals surface area contributed by atoms with Crippen LogP contribution in [0.1, 0.15) is 176 Å². The molecule has 7 aliphatic heterocycles. The van der Waals surface area contributed by atoms with Crippen LogP contribution in [0.2, 0.25) is 44.3 Å². The van der Waals surface area contributed by atoms with Gasteiger partial charge in [-0.15, -0.1) is 0 Å². The Morgan fingerprint density at radius 1 is 0.400 bits per heavy atom. The zero-order chi connectivity index (χ0) is 83.1. The number of nitrogen functional groups attached to an aromatic ring is 4. The minimum atomic E-state index is -2.86. The maximum Gasteiger partial charge on any atom is 0.335 e. The fourth-order valence-corrected chi connectivity index (χ4v) is 39.0. The summed E-state index contributed by atoms with van der Waals surface area (Å²) in [7, 11) is -10.8. The first-order valence-corrected chi connectivity index (χ1v) is 47.5. The number of aromatic nitrogens is 16. The van der Waals surface area contributed by atoms with Gasteiger partial charge in [-0.2, -0.15) is 0 Å². The summed E-state index contributed by atoms with van der Waals surface area (Å²) in [6, 6.07) is 0. The molecule has 0 aliphatic carbocycles. The number of hydrogen-bond acceptors (Lipinski definition) is 34. The van der Waals surface area contributed by atoms with E-state index in [1.165, 1.54) is 36.2 Å². The molecule has 8 aromatic heterocycles. The van der Waals surface area contributed by atoms with Crippen molar-refractivity contribution in [2.75, 3.05) is 49.4 Å². The summed E-state index contributed by atoms with van der Waals surface area (Å²) in [5.41, 5.74) is 29.3. The maximum atomic E-state index is 11.5. The molecule has 8 aromatic rings. The van der Waals surface area contributed by atoms with Crippen LogP contribution in [0.5, 0.6) is 0 Å². The van der Waals surface area contributed by atoms with Gasteiger partial charge in [-0.1, -0.05) is 132 Å². The third-order valence-corrected chi connectivity index (χ3v) is 43.9. The van der Waals surface area contributed by atoms with E-state index < -0.39 is 115 Å². The largest absolute Gasteiger partial charge is 0.414 e. The second-order valence-corrected chi connectivity index (χ2v) is 50.7. The van der Waals surface area contributed by atoms with Gasteiger partial charge in [0.2, 0.25) is 0 Å². The van der Waals surface area contributed by atoms with Crippen molar-refractivity contribution in [3.8, 4) is 0 Å². The number of imidazole rings is 4. The molecule has 7 aliphatic rings. The molecule has 38 nitrogen and oxygen atoms in total. The molecule has 115 heavy (non-hydrogen) atoms. The molecule has 0 spiro atoms. The molecule has 635 valence electrons. The summed E-state index contributed by atoms with van der Waals surface area (Å²) in [6.45, 7) is 41.6. The molecule has 7 fully saturated rings. The van der Waals surface area contributed by atoms with E-state index >= 15 is 0 Å². The summed E-state index contributed by atoms with van der Waals surface area (Å²) >= 11 is 0. The number of fused-ring (bicyclic) bond motifs is 6. The van der Waals surface area contributed by atoms with Crippen molar-refractivity contribution in [3.63, 3.8) is 0 Å². The monoisotopic (exact) mass is 1890 g/mol. The fraction of sp³-hybridized carbons (Fsp3) is 0.722. The van der Waals surface area contributed by atoms with Gasteiger partial charge in [0.15, 0.2) is 64.6 Å². The predicted octanol–water partition coefficient (Wildman–Crippen LogP) is 6.73. The summed E-state index contributed by atoms with van der Waals surface area (Å²) in [4.78, 5) is 49.5. The van der Waals surface area contributed by atoms with Crippen LogP contribution in [-0.4, -0.2) is 248 Å². The number of nitrogens with two attached hydrogens (primary N) is 4. The van der Waals surface area contributed by atoms with Crippen LogP contribution in [0.15, 0.2) is 50.6 Å². The van der Waals surface area contributed by atoms with Gasteiger partial charge in [0.25, 0.3) is 0 Å².